The van der Waals surface area contributed by atoms with E-state index in [0.29, 0.717) is 0 Å². The van der Waals surface area contributed by atoms with Gasteiger partial charge < -0.3 is 4.74 Å². The maximum absolute atomic E-state index is 13.0. The van der Waals surface area contributed by atoms with Gasteiger partial charge in [0.2, 0.25) is 0 Å². The van der Waals surface area contributed by atoms with Gasteiger partial charge in [-0.1, -0.05) is 25.5 Å². The van der Waals surface area contributed by atoms with E-state index >= 15 is 0 Å². The van der Waals surface area contributed by atoms with E-state index in [1.165, 1.54) is 31.4 Å². The average molecular weight is 236 g/mol. The van der Waals surface area contributed by atoms with Gasteiger partial charge in [0.25, 0.3) is 0 Å². The van der Waals surface area contributed by atoms with Crippen molar-refractivity contribution >= 4 is 0 Å². The Morgan fingerprint density at radius 3 is 2.29 bits per heavy atom. The molecule has 0 unspecified atom stereocenters. The van der Waals surface area contributed by atoms with Crippen molar-refractivity contribution in [3.05, 3.63) is 35.6 Å². The second kappa shape index (κ2) is 5.18. The predicted octanol–water partition coefficient (Wildman–Crippen LogP) is 4.27. The fourth-order valence-electron chi connectivity index (χ4n) is 2.92. The van der Waals surface area contributed by atoms with Gasteiger partial charge in [-0.15, -0.1) is 0 Å². The zero-order valence-corrected chi connectivity index (χ0v) is 10.7. The molecule has 1 aliphatic rings. The van der Waals surface area contributed by atoms with Crippen LogP contribution < -0.4 is 0 Å². The van der Waals surface area contributed by atoms with Crippen molar-refractivity contribution in [1.29, 1.82) is 0 Å². The van der Waals surface area contributed by atoms with Gasteiger partial charge in [-0.05, 0) is 49.3 Å². The Morgan fingerprint density at radius 1 is 1.24 bits per heavy atom. The van der Waals surface area contributed by atoms with Gasteiger partial charge in [-0.3, -0.25) is 0 Å². The predicted molar refractivity (Wildman–Crippen MR) is 67.3 cm³/mol. The minimum Gasteiger partial charge on any atom is -0.374 e. The zero-order chi connectivity index (χ0) is 12.3. The molecule has 1 saturated carbocycles. The van der Waals surface area contributed by atoms with E-state index in [-0.39, 0.29) is 11.4 Å². The van der Waals surface area contributed by atoms with Crippen LogP contribution in [0, 0.1) is 11.7 Å². The molecule has 0 spiro atoms. The highest BCUT2D eigenvalue weighted by Crippen LogP contribution is 2.42. The Labute approximate surface area is 103 Å². The van der Waals surface area contributed by atoms with Gasteiger partial charge in [0.05, 0.1) is 5.60 Å². The van der Waals surface area contributed by atoms with Gasteiger partial charge >= 0.3 is 0 Å². The smallest absolute Gasteiger partial charge is 0.123 e. The Balaban J connectivity index is 2.18. The lowest BCUT2D eigenvalue weighted by Crippen LogP contribution is -2.33. The molecule has 0 aromatic heterocycles. The standard InChI is InChI=1S/C15H21FO/c1-3-12-8-10-15(17-2,11-9-12)13-4-6-14(16)7-5-13/h4-7,12H,3,8-11H2,1-2H3. The minimum absolute atomic E-state index is 0.178. The van der Waals surface area contributed by atoms with Crippen LogP contribution in [0.5, 0.6) is 0 Å². The topological polar surface area (TPSA) is 9.23 Å². The van der Waals surface area contributed by atoms with Gasteiger partial charge in [0.15, 0.2) is 0 Å². The molecule has 2 heteroatoms. The van der Waals surface area contributed by atoms with Crippen molar-refractivity contribution in [3.63, 3.8) is 0 Å². The number of methoxy groups -OCH3 is 1. The first kappa shape index (κ1) is 12.6. The third kappa shape index (κ3) is 2.52. The number of hydrogen-bond donors (Lipinski definition) is 0. The normalized spacial score (nSPS) is 29.2. The largest absolute Gasteiger partial charge is 0.374 e. The van der Waals surface area contributed by atoms with E-state index in [1.807, 2.05) is 12.1 Å². The maximum atomic E-state index is 13.0. The molecule has 1 aliphatic carbocycles. The molecule has 0 radical (unpaired) electrons. The fourth-order valence-corrected chi connectivity index (χ4v) is 2.92. The Hall–Kier alpha value is -0.890. The van der Waals surface area contributed by atoms with Crippen LogP contribution >= 0.6 is 0 Å². The first-order valence-corrected chi connectivity index (χ1v) is 6.51. The zero-order valence-electron chi connectivity index (χ0n) is 10.7. The summed E-state index contributed by atoms with van der Waals surface area (Å²) in [6, 6.07) is 6.79. The lowest BCUT2D eigenvalue weighted by atomic mass is 9.74. The lowest BCUT2D eigenvalue weighted by molar-refractivity contribution is -0.0548. The number of hydrogen-bond acceptors (Lipinski definition) is 1. The maximum Gasteiger partial charge on any atom is 0.123 e. The van der Waals surface area contributed by atoms with Crippen molar-refractivity contribution in [2.24, 2.45) is 5.92 Å². The molecule has 1 aromatic rings. The first-order chi connectivity index (χ1) is 8.20. The molecule has 0 amide bonds. The summed E-state index contributed by atoms with van der Waals surface area (Å²) < 4.78 is 18.7. The minimum atomic E-state index is -0.181. The van der Waals surface area contributed by atoms with E-state index in [4.69, 9.17) is 4.74 Å². The summed E-state index contributed by atoms with van der Waals surface area (Å²) in [5.41, 5.74) is 0.940. The van der Waals surface area contributed by atoms with Crippen LogP contribution in [0.2, 0.25) is 0 Å². The van der Waals surface area contributed by atoms with Gasteiger partial charge in [0.1, 0.15) is 5.82 Å². The summed E-state index contributed by atoms with van der Waals surface area (Å²) >= 11 is 0. The molecule has 0 atom stereocenters. The van der Waals surface area contributed by atoms with E-state index in [2.05, 4.69) is 6.92 Å². The van der Waals surface area contributed by atoms with Gasteiger partial charge in [0, 0.05) is 7.11 Å². The number of benzene rings is 1. The summed E-state index contributed by atoms with van der Waals surface area (Å²) in [6.07, 6.45) is 5.77. The summed E-state index contributed by atoms with van der Waals surface area (Å²) in [5, 5.41) is 0. The van der Waals surface area contributed by atoms with Crippen molar-refractivity contribution in [2.45, 2.75) is 44.6 Å². The van der Waals surface area contributed by atoms with Crippen LogP contribution in [0.1, 0.15) is 44.6 Å². The van der Waals surface area contributed by atoms with E-state index in [9.17, 15) is 4.39 Å². The van der Waals surface area contributed by atoms with Crippen LogP contribution in [-0.4, -0.2) is 7.11 Å². The monoisotopic (exact) mass is 236 g/mol. The Kier molecular flexibility index (Phi) is 3.82. The molecule has 2 rings (SSSR count). The van der Waals surface area contributed by atoms with Crippen molar-refractivity contribution in [2.75, 3.05) is 7.11 Å². The third-order valence-electron chi connectivity index (χ3n) is 4.25. The lowest BCUT2D eigenvalue weighted by Gasteiger charge is -2.39. The van der Waals surface area contributed by atoms with Crippen LogP contribution in [0.3, 0.4) is 0 Å². The molecule has 0 N–H and O–H groups in total. The molecule has 17 heavy (non-hydrogen) atoms. The summed E-state index contributed by atoms with van der Waals surface area (Å²) in [4.78, 5) is 0. The summed E-state index contributed by atoms with van der Waals surface area (Å²) in [7, 11) is 1.77. The Morgan fingerprint density at radius 2 is 1.82 bits per heavy atom. The van der Waals surface area contributed by atoms with E-state index in [0.717, 1.165) is 24.3 Å². The van der Waals surface area contributed by atoms with Gasteiger partial charge in [-0.25, -0.2) is 4.39 Å². The fraction of sp³-hybridized carbons (Fsp3) is 0.600. The number of halogens is 1. The number of ether oxygens (including phenoxy) is 1. The molecular weight excluding hydrogens is 215 g/mol. The summed E-state index contributed by atoms with van der Waals surface area (Å²) in [5.74, 6) is 0.654. The molecule has 0 bridgehead atoms. The van der Waals surface area contributed by atoms with Crippen molar-refractivity contribution in [1.82, 2.24) is 0 Å². The van der Waals surface area contributed by atoms with Crippen LogP contribution in [0.15, 0.2) is 24.3 Å². The molecule has 0 heterocycles. The molecule has 94 valence electrons. The first-order valence-electron chi connectivity index (χ1n) is 6.51. The highest BCUT2D eigenvalue weighted by Gasteiger charge is 2.36. The quantitative estimate of drug-likeness (QED) is 0.761. The van der Waals surface area contributed by atoms with Crippen LogP contribution in [-0.2, 0) is 10.3 Å². The highest BCUT2D eigenvalue weighted by atomic mass is 19.1. The third-order valence-corrected chi connectivity index (χ3v) is 4.25. The molecule has 1 nitrogen and oxygen atoms in total. The number of rotatable bonds is 3. The van der Waals surface area contributed by atoms with Crippen molar-refractivity contribution in [3.8, 4) is 0 Å². The SMILES string of the molecule is CCC1CCC(OC)(c2ccc(F)cc2)CC1. The molecule has 1 fully saturated rings. The second-order valence-electron chi connectivity index (χ2n) is 5.06. The van der Waals surface area contributed by atoms with Crippen molar-refractivity contribution < 1.29 is 9.13 Å². The average Bonchev–Trinajstić information content (AvgIpc) is 2.40. The molecule has 0 saturated heterocycles. The molecule has 0 aliphatic heterocycles. The van der Waals surface area contributed by atoms with Gasteiger partial charge in [-0.2, -0.15) is 0 Å². The molecule has 1 aromatic carbocycles. The van der Waals surface area contributed by atoms with E-state index in [1.54, 1.807) is 7.11 Å². The van der Waals surface area contributed by atoms with Crippen LogP contribution in [0.4, 0.5) is 4.39 Å². The molecular formula is C15H21FO. The Bertz CT molecular complexity index is 350. The highest BCUT2D eigenvalue weighted by molar-refractivity contribution is 5.24. The second-order valence-corrected chi connectivity index (χ2v) is 5.06. The van der Waals surface area contributed by atoms with E-state index < -0.39 is 0 Å². The van der Waals surface area contributed by atoms with Crippen LogP contribution in [0.25, 0.3) is 0 Å². The summed E-state index contributed by atoms with van der Waals surface area (Å²) in [6.45, 7) is 2.25.